The van der Waals surface area contributed by atoms with Crippen molar-refractivity contribution in [2.75, 3.05) is 14.2 Å². The molecule has 31 heavy (non-hydrogen) atoms. The number of carbonyl (C=O) groups is 1. The van der Waals surface area contributed by atoms with Crippen LogP contribution < -0.4 is 9.47 Å². The summed E-state index contributed by atoms with van der Waals surface area (Å²) in [7, 11) is 3.05. The Hall–Kier alpha value is -3.07. The summed E-state index contributed by atoms with van der Waals surface area (Å²) in [6, 6.07) is 13.8. The molecule has 0 fully saturated rings. The van der Waals surface area contributed by atoms with E-state index >= 15 is 0 Å². The molecule has 6 nitrogen and oxygen atoms in total. The minimum Gasteiger partial charge on any atom is -0.493 e. The molecule has 3 aromatic rings. The normalized spacial score (nSPS) is 10.9. The molecule has 0 aliphatic rings. The predicted octanol–water partition coefficient (Wildman–Crippen LogP) is 5.16. The van der Waals surface area contributed by atoms with E-state index in [9.17, 15) is 13.6 Å². The van der Waals surface area contributed by atoms with Gasteiger partial charge in [0.15, 0.2) is 11.5 Å². The maximum Gasteiger partial charge on any atom is 0.387 e. The Bertz CT molecular complexity index is 1040. The minimum absolute atomic E-state index is 0.0559. The number of hydrogen-bond donors (Lipinski definition) is 0. The molecular weight excluding hydrogens is 426 g/mol. The zero-order valence-corrected chi connectivity index (χ0v) is 18.1. The summed E-state index contributed by atoms with van der Waals surface area (Å²) in [6.45, 7) is -0.825. The lowest BCUT2D eigenvalue weighted by Crippen LogP contribution is -2.26. The minimum atomic E-state index is -2.95. The van der Waals surface area contributed by atoms with Crippen molar-refractivity contribution >= 4 is 17.7 Å². The number of alkyl halides is 2. The maximum absolute atomic E-state index is 13.1. The SMILES string of the molecule is COc1cc(CN(C)C(=O)c2ccccc2SCc2cc(C)no2)ccc1OC(F)F. The Morgan fingerprint density at radius 2 is 1.97 bits per heavy atom. The van der Waals surface area contributed by atoms with E-state index in [1.54, 1.807) is 30.1 Å². The fourth-order valence-corrected chi connectivity index (χ4v) is 3.88. The predicted molar refractivity (Wildman–Crippen MR) is 113 cm³/mol. The average Bonchev–Trinajstić information content (AvgIpc) is 3.17. The van der Waals surface area contributed by atoms with Crippen LogP contribution in [0.2, 0.25) is 0 Å². The van der Waals surface area contributed by atoms with Gasteiger partial charge in [-0.05, 0) is 36.8 Å². The van der Waals surface area contributed by atoms with Crippen LogP contribution in [0.25, 0.3) is 0 Å². The zero-order chi connectivity index (χ0) is 22.4. The van der Waals surface area contributed by atoms with Gasteiger partial charge in [0.25, 0.3) is 5.91 Å². The molecule has 0 spiro atoms. The molecule has 0 aliphatic carbocycles. The number of ether oxygens (including phenoxy) is 2. The van der Waals surface area contributed by atoms with Crippen molar-refractivity contribution in [2.24, 2.45) is 0 Å². The smallest absolute Gasteiger partial charge is 0.387 e. The summed E-state index contributed by atoms with van der Waals surface area (Å²) < 4.78 is 39.8. The van der Waals surface area contributed by atoms with Crippen molar-refractivity contribution in [3.63, 3.8) is 0 Å². The van der Waals surface area contributed by atoms with Crippen LogP contribution in [0.1, 0.15) is 27.4 Å². The van der Waals surface area contributed by atoms with Gasteiger partial charge in [-0.3, -0.25) is 4.79 Å². The molecule has 0 unspecified atom stereocenters. The van der Waals surface area contributed by atoms with Crippen molar-refractivity contribution in [1.82, 2.24) is 10.1 Å². The van der Waals surface area contributed by atoms with Crippen LogP contribution in [0.4, 0.5) is 8.78 Å². The van der Waals surface area contributed by atoms with E-state index in [1.807, 2.05) is 31.2 Å². The molecular formula is C22H22F2N2O4S. The summed E-state index contributed by atoms with van der Waals surface area (Å²) in [5.74, 6) is 1.24. The summed E-state index contributed by atoms with van der Waals surface area (Å²) in [5.41, 5.74) is 2.09. The standard InChI is InChI=1S/C22H22F2N2O4S/c1-14-10-16(30-25-14)13-31-20-7-5-4-6-17(20)21(27)26(2)12-15-8-9-18(29-22(23)24)19(11-15)28-3/h4-11,22H,12-13H2,1-3H3. The van der Waals surface area contributed by atoms with Crippen molar-refractivity contribution < 1.29 is 27.6 Å². The first kappa shape index (κ1) is 22.6. The van der Waals surface area contributed by atoms with Gasteiger partial charge < -0.3 is 18.9 Å². The first-order valence-electron chi connectivity index (χ1n) is 9.38. The highest BCUT2D eigenvalue weighted by Crippen LogP contribution is 2.31. The molecule has 1 amide bonds. The van der Waals surface area contributed by atoms with E-state index in [2.05, 4.69) is 9.89 Å². The van der Waals surface area contributed by atoms with Gasteiger partial charge >= 0.3 is 6.61 Å². The highest BCUT2D eigenvalue weighted by molar-refractivity contribution is 7.98. The third kappa shape index (κ3) is 5.97. The number of nitrogens with zero attached hydrogens (tertiary/aromatic N) is 2. The number of rotatable bonds is 9. The van der Waals surface area contributed by atoms with Crippen LogP contribution in [0.5, 0.6) is 11.5 Å². The van der Waals surface area contributed by atoms with Crippen molar-refractivity contribution in [1.29, 1.82) is 0 Å². The van der Waals surface area contributed by atoms with E-state index in [1.165, 1.54) is 24.9 Å². The second-order valence-corrected chi connectivity index (χ2v) is 7.76. The highest BCUT2D eigenvalue weighted by atomic mass is 32.2. The van der Waals surface area contributed by atoms with Gasteiger partial charge in [0, 0.05) is 24.6 Å². The molecule has 0 radical (unpaired) electrons. The number of thioether (sulfide) groups is 1. The molecule has 2 aromatic carbocycles. The van der Waals surface area contributed by atoms with Gasteiger partial charge in [0.05, 0.1) is 24.1 Å². The Morgan fingerprint density at radius 3 is 2.65 bits per heavy atom. The fourth-order valence-electron chi connectivity index (χ4n) is 2.96. The van der Waals surface area contributed by atoms with Crippen molar-refractivity contribution in [3.05, 3.63) is 71.1 Å². The molecule has 0 saturated carbocycles. The molecule has 0 aliphatic heterocycles. The number of amides is 1. The lowest BCUT2D eigenvalue weighted by molar-refractivity contribution is -0.0512. The maximum atomic E-state index is 13.1. The molecule has 9 heteroatoms. The largest absolute Gasteiger partial charge is 0.493 e. The molecule has 0 bridgehead atoms. The second kappa shape index (κ2) is 10.3. The first-order chi connectivity index (χ1) is 14.9. The third-order valence-electron chi connectivity index (χ3n) is 4.37. The number of aryl methyl sites for hydroxylation is 1. The van der Waals surface area contributed by atoms with Crippen molar-refractivity contribution in [3.8, 4) is 11.5 Å². The van der Waals surface area contributed by atoms with Crippen LogP contribution in [0.3, 0.4) is 0 Å². The van der Waals surface area contributed by atoms with E-state index in [4.69, 9.17) is 9.26 Å². The number of hydrogen-bond acceptors (Lipinski definition) is 6. The van der Waals surface area contributed by atoms with Gasteiger partial charge in [-0.15, -0.1) is 11.8 Å². The monoisotopic (exact) mass is 448 g/mol. The molecule has 0 atom stereocenters. The first-order valence-corrected chi connectivity index (χ1v) is 10.4. The summed E-state index contributed by atoms with van der Waals surface area (Å²) in [4.78, 5) is 15.5. The lowest BCUT2D eigenvalue weighted by atomic mass is 10.1. The summed E-state index contributed by atoms with van der Waals surface area (Å²) in [5, 5.41) is 3.87. The van der Waals surface area contributed by atoms with Crippen LogP contribution >= 0.6 is 11.8 Å². The highest BCUT2D eigenvalue weighted by Gasteiger charge is 2.18. The van der Waals surface area contributed by atoms with Gasteiger partial charge in [0.2, 0.25) is 0 Å². The molecule has 0 N–H and O–H groups in total. The molecule has 3 rings (SSSR count). The zero-order valence-electron chi connectivity index (χ0n) is 17.3. The van der Waals surface area contributed by atoms with Gasteiger partial charge in [0.1, 0.15) is 5.76 Å². The van der Waals surface area contributed by atoms with E-state index < -0.39 is 6.61 Å². The number of carbonyl (C=O) groups excluding carboxylic acids is 1. The quantitative estimate of drug-likeness (QED) is 0.422. The van der Waals surface area contributed by atoms with Crippen LogP contribution in [-0.4, -0.2) is 36.7 Å². The second-order valence-electron chi connectivity index (χ2n) is 6.74. The van der Waals surface area contributed by atoms with E-state index in [0.717, 1.165) is 21.9 Å². The number of aromatic nitrogens is 1. The van der Waals surface area contributed by atoms with Crippen LogP contribution in [-0.2, 0) is 12.3 Å². The van der Waals surface area contributed by atoms with Gasteiger partial charge in [-0.2, -0.15) is 8.78 Å². The van der Waals surface area contributed by atoms with Crippen LogP contribution in [0, 0.1) is 6.92 Å². The third-order valence-corrected chi connectivity index (χ3v) is 5.47. The number of benzene rings is 2. The fraction of sp³-hybridized carbons (Fsp3) is 0.273. The van der Waals surface area contributed by atoms with Crippen molar-refractivity contribution in [2.45, 2.75) is 30.7 Å². The molecule has 1 aromatic heterocycles. The summed E-state index contributed by atoms with van der Waals surface area (Å²) in [6.07, 6.45) is 0. The lowest BCUT2D eigenvalue weighted by Gasteiger charge is -2.20. The van der Waals surface area contributed by atoms with Gasteiger partial charge in [-0.1, -0.05) is 23.4 Å². The molecule has 1 heterocycles. The van der Waals surface area contributed by atoms with Crippen LogP contribution in [0.15, 0.2) is 57.9 Å². The molecule has 0 saturated heterocycles. The van der Waals surface area contributed by atoms with E-state index in [-0.39, 0.29) is 24.0 Å². The average molecular weight is 448 g/mol. The van der Waals surface area contributed by atoms with E-state index in [0.29, 0.717) is 11.3 Å². The molecule has 164 valence electrons. The Morgan fingerprint density at radius 1 is 1.19 bits per heavy atom. The Kier molecular flexibility index (Phi) is 7.51. The Balaban J connectivity index is 1.71. The summed E-state index contributed by atoms with van der Waals surface area (Å²) >= 11 is 1.49. The topological polar surface area (TPSA) is 64.8 Å². The van der Waals surface area contributed by atoms with Gasteiger partial charge in [-0.25, -0.2) is 0 Å². The number of methoxy groups -OCH3 is 1. The number of halogens is 2. The Labute approximate surface area is 183 Å².